The zero-order valence-corrected chi connectivity index (χ0v) is 11.3. The smallest absolute Gasteiger partial charge is 0.156 e. The molecule has 3 heteroatoms. The van der Waals surface area contributed by atoms with Crippen molar-refractivity contribution in [3.05, 3.63) is 0 Å². The summed E-state index contributed by atoms with van der Waals surface area (Å²) in [7, 11) is 0. The molecule has 2 saturated carbocycles. The summed E-state index contributed by atoms with van der Waals surface area (Å²) >= 11 is 7.32. The van der Waals surface area contributed by atoms with Gasteiger partial charge in [0.1, 0.15) is 0 Å². The SMILES string of the molecule is CC1(C)C(=O)[C@]2(Br)CC[C@]1(C)[C@@H]2Br. The molecule has 13 heavy (non-hydrogen) atoms. The van der Waals surface area contributed by atoms with Gasteiger partial charge in [0.05, 0.1) is 4.32 Å². The Balaban J connectivity index is 2.59. The van der Waals surface area contributed by atoms with Crippen LogP contribution in [0.3, 0.4) is 0 Å². The maximum Gasteiger partial charge on any atom is 0.156 e. The van der Waals surface area contributed by atoms with Crippen LogP contribution in [0, 0.1) is 10.8 Å². The molecule has 0 heterocycles. The molecule has 0 N–H and O–H groups in total. The summed E-state index contributed by atoms with van der Waals surface area (Å²) in [5, 5.41) is 0. The standard InChI is InChI=1S/C10H14Br2O/c1-8(2)7(13)10(12)5-4-9(8,3)6(10)11/h6H,4-5H2,1-3H3/t6-,9+,10-/m0/s1. The van der Waals surface area contributed by atoms with Gasteiger partial charge in [0.25, 0.3) is 0 Å². The number of alkyl halides is 2. The molecule has 3 atom stereocenters. The Hall–Kier alpha value is 0.630. The largest absolute Gasteiger partial charge is 0.297 e. The van der Waals surface area contributed by atoms with Gasteiger partial charge in [-0.05, 0) is 18.3 Å². The minimum atomic E-state index is -0.286. The highest BCUT2D eigenvalue weighted by atomic mass is 79.9. The van der Waals surface area contributed by atoms with Gasteiger partial charge < -0.3 is 0 Å². The molecule has 0 aromatic heterocycles. The molecule has 2 bridgehead atoms. The predicted octanol–water partition coefficient (Wildman–Crippen LogP) is 3.29. The highest BCUT2D eigenvalue weighted by molar-refractivity contribution is 9.13. The van der Waals surface area contributed by atoms with Crippen LogP contribution in [0.15, 0.2) is 0 Å². The lowest BCUT2D eigenvalue weighted by Gasteiger charge is -2.38. The van der Waals surface area contributed by atoms with E-state index < -0.39 is 0 Å². The molecule has 2 rings (SSSR count). The van der Waals surface area contributed by atoms with Crippen molar-refractivity contribution < 1.29 is 4.79 Å². The van der Waals surface area contributed by atoms with E-state index in [1.54, 1.807) is 0 Å². The molecule has 0 unspecified atom stereocenters. The fraction of sp³-hybridized carbons (Fsp3) is 0.900. The number of fused-ring (bicyclic) bond motifs is 2. The molecule has 0 saturated heterocycles. The lowest BCUT2D eigenvalue weighted by Crippen LogP contribution is -2.41. The number of rotatable bonds is 0. The van der Waals surface area contributed by atoms with Crippen molar-refractivity contribution in [3.63, 3.8) is 0 Å². The Morgan fingerprint density at radius 1 is 1.31 bits per heavy atom. The molecule has 0 aromatic rings. The molecule has 1 nitrogen and oxygen atoms in total. The number of ketones is 1. The lowest BCUT2D eigenvalue weighted by molar-refractivity contribution is -0.131. The number of halogens is 2. The van der Waals surface area contributed by atoms with Crippen LogP contribution in [-0.4, -0.2) is 14.9 Å². The molecule has 0 aromatic carbocycles. The third-order valence-electron chi connectivity index (χ3n) is 4.34. The molecule has 0 spiro atoms. The monoisotopic (exact) mass is 308 g/mol. The Morgan fingerprint density at radius 3 is 2.08 bits per heavy atom. The van der Waals surface area contributed by atoms with Crippen LogP contribution in [0.1, 0.15) is 33.6 Å². The summed E-state index contributed by atoms with van der Waals surface area (Å²) in [4.78, 5) is 12.4. The second-order valence-corrected chi connectivity index (χ2v) is 7.43. The van der Waals surface area contributed by atoms with Crippen molar-refractivity contribution >= 4 is 37.6 Å². The molecule has 0 radical (unpaired) electrons. The first-order chi connectivity index (χ1) is 5.77. The maximum absolute atomic E-state index is 12.1. The van der Waals surface area contributed by atoms with E-state index in [0.717, 1.165) is 12.8 Å². The predicted molar refractivity (Wildman–Crippen MR) is 60.5 cm³/mol. The first kappa shape index (κ1) is 10.2. The molecule has 0 aliphatic heterocycles. The van der Waals surface area contributed by atoms with Gasteiger partial charge in [-0.1, -0.05) is 52.6 Å². The van der Waals surface area contributed by atoms with E-state index in [4.69, 9.17) is 0 Å². The number of carbonyl (C=O) groups is 1. The fourth-order valence-electron chi connectivity index (χ4n) is 2.84. The van der Waals surface area contributed by atoms with Gasteiger partial charge in [-0.15, -0.1) is 0 Å². The Kier molecular flexibility index (Phi) is 1.88. The summed E-state index contributed by atoms with van der Waals surface area (Å²) in [5.74, 6) is 0.371. The maximum atomic E-state index is 12.1. The van der Waals surface area contributed by atoms with Crippen LogP contribution < -0.4 is 0 Å². The van der Waals surface area contributed by atoms with Gasteiger partial charge >= 0.3 is 0 Å². The molecule has 74 valence electrons. The summed E-state index contributed by atoms with van der Waals surface area (Å²) in [6, 6.07) is 0. The van der Waals surface area contributed by atoms with E-state index in [2.05, 4.69) is 52.6 Å². The van der Waals surface area contributed by atoms with Gasteiger partial charge in [-0.3, -0.25) is 4.79 Å². The number of hydrogen-bond donors (Lipinski definition) is 0. The average Bonchev–Trinajstić information content (AvgIpc) is 2.34. The van der Waals surface area contributed by atoms with Crippen molar-refractivity contribution in [2.24, 2.45) is 10.8 Å². The van der Waals surface area contributed by atoms with Crippen molar-refractivity contribution in [1.29, 1.82) is 0 Å². The molecular weight excluding hydrogens is 296 g/mol. The Bertz CT molecular complexity index is 280. The Labute approximate surface area is 95.9 Å². The summed E-state index contributed by atoms with van der Waals surface area (Å²) in [6.45, 7) is 6.37. The zero-order valence-electron chi connectivity index (χ0n) is 8.16. The third-order valence-corrected chi connectivity index (χ3v) is 7.96. The van der Waals surface area contributed by atoms with E-state index in [1.165, 1.54) is 0 Å². The zero-order chi connectivity index (χ0) is 10.1. The topological polar surface area (TPSA) is 17.1 Å². The number of carbonyl (C=O) groups excluding carboxylic acids is 1. The van der Waals surface area contributed by atoms with Crippen molar-refractivity contribution in [2.45, 2.75) is 42.8 Å². The molecule has 2 fully saturated rings. The summed E-state index contributed by atoms with van der Waals surface area (Å²) in [6.07, 6.45) is 2.11. The summed E-state index contributed by atoms with van der Waals surface area (Å²) < 4.78 is -0.286. The number of Topliss-reactive ketones (excluding diaryl/α,β-unsaturated/α-hetero) is 1. The van der Waals surface area contributed by atoms with Gasteiger partial charge in [-0.25, -0.2) is 0 Å². The quantitative estimate of drug-likeness (QED) is 0.628. The summed E-state index contributed by atoms with van der Waals surface area (Å²) in [5.41, 5.74) is -0.0729. The van der Waals surface area contributed by atoms with Crippen molar-refractivity contribution in [1.82, 2.24) is 0 Å². The van der Waals surface area contributed by atoms with E-state index in [9.17, 15) is 4.79 Å². The van der Waals surface area contributed by atoms with Crippen LogP contribution in [0.2, 0.25) is 0 Å². The normalized spacial score (nSPS) is 53.0. The van der Waals surface area contributed by atoms with Crippen LogP contribution >= 0.6 is 31.9 Å². The highest BCUT2D eigenvalue weighted by Crippen LogP contribution is 2.68. The van der Waals surface area contributed by atoms with Crippen molar-refractivity contribution in [2.75, 3.05) is 0 Å². The van der Waals surface area contributed by atoms with Gasteiger partial charge in [0.15, 0.2) is 5.78 Å². The van der Waals surface area contributed by atoms with E-state index >= 15 is 0 Å². The second kappa shape index (κ2) is 2.41. The van der Waals surface area contributed by atoms with E-state index in [0.29, 0.717) is 5.78 Å². The first-order valence-corrected chi connectivity index (χ1v) is 6.35. The van der Waals surface area contributed by atoms with E-state index in [1.807, 2.05) is 0 Å². The molecule has 2 aliphatic rings. The van der Waals surface area contributed by atoms with Gasteiger partial charge in [0.2, 0.25) is 0 Å². The average molecular weight is 310 g/mol. The van der Waals surface area contributed by atoms with Crippen LogP contribution in [0.5, 0.6) is 0 Å². The van der Waals surface area contributed by atoms with Crippen LogP contribution in [0.4, 0.5) is 0 Å². The van der Waals surface area contributed by atoms with Crippen molar-refractivity contribution in [3.8, 4) is 0 Å². The van der Waals surface area contributed by atoms with Gasteiger partial charge in [0, 0.05) is 10.2 Å². The van der Waals surface area contributed by atoms with Gasteiger partial charge in [-0.2, -0.15) is 0 Å². The lowest BCUT2D eigenvalue weighted by atomic mass is 9.66. The van der Waals surface area contributed by atoms with E-state index in [-0.39, 0.29) is 20.0 Å². The minimum absolute atomic E-state index is 0.119. The second-order valence-electron chi connectivity index (χ2n) is 5.10. The minimum Gasteiger partial charge on any atom is -0.297 e. The molecule has 0 amide bonds. The Morgan fingerprint density at radius 2 is 1.85 bits per heavy atom. The third kappa shape index (κ3) is 0.865. The molecular formula is C10H14Br2O. The van der Waals surface area contributed by atoms with Crippen LogP contribution in [0.25, 0.3) is 0 Å². The molecule has 2 aliphatic carbocycles. The first-order valence-electron chi connectivity index (χ1n) is 4.65. The number of hydrogen-bond acceptors (Lipinski definition) is 1. The van der Waals surface area contributed by atoms with Crippen LogP contribution in [-0.2, 0) is 4.79 Å². The fourth-order valence-corrected chi connectivity index (χ4v) is 5.27. The highest BCUT2D eigenvalue weighted by Gasteiger charge is 2.72.